The molecule has 158 valence electrons. The maximum atomic E-state index is 12.2. The number of esters is 1. The van der Waals surface area contributed by atoms with Gasteiger partial charge in [0, 0.05) is 24.8 Å². The van der Waals surface area contributed by atoms with Crippen LogP contribution in [0.3, 0.4) is 0 Å². The molecule has 1 saturated carbocycles. The molecule has 1 aromatic rings. The summed E-state index contributed by atoms with van der Waals surface area (Å²) in [6.07, 6.45) is 5.54. The Morgan fingerprint density at radius 2 is 1.90 bits per heavy atom. The lowest BCUT2D eigenvalue weighted by molar-refractivity contribution is -0.145. The third-order valence-corrected chi connectivity index (χ3v) is 7.21. The van der Waals surface area contributed by atoms with Crippen molar-refractivity contribution in [2.24, 2.45) is 17.8 Å². The van der Waals surface area contributed by atoms with E-state index < -0.39 is 6.09 Å². The third-order valence-electron chi connectivity index (χ3n) is 7.21. The zero-order chi connectivity index (χ0) is 20.5. The van der Waals surface area contributed by atoms with Gasteiger partial charge in [-0.3, -0.25) is 4.79 Å². The van der Waals surface area contributed by atoms with Crippen molar-refractivity contribution in [3.05, 3.63) is 29.3 Å². The highest BCUT2D eigenvalue weighted by Gasteiger charge is 2.39. The number of aryl methyl sites for hydroxylation is 1. The van der Waals surface area contributed by atoms with Gasteiger partial charge in [-0.15, -0.1) is 0 Å². The number of piperidine rings is 1. The van der Waals surface area contributed by atoms with Crippen LogP contribution in [-0.4, -0.2) is 48.3 Å². The maximum Gasteiger partial charge on any atom is 0.407 e. The summed E-state index contributed by atoms with van der Waals surface area (Å²) in [6.45, 7) is 3.25. The monoisotopic (exact) mass is 400 g/mol. The Hall–Kier alpha value is -2.24. The molecular weight excluding hydrogens is 368 g/mol. The van der Waals surface area contributed by atoms with Crippen LogP contribution < -0.4 is 5.32 Å². The van der Waals surface area contributed by atoms with Crippen LogP contribution in [0.5, 0.6) is 0 Å². The summed E-state index contributed by atoms with van der Waals surface area (Å²) in [6, 6.07) is 7.08. The highest BCUT2D eigenvalue weighted by molar-refractivity contribution is 5.73. The number of likely N-dealkylation sites (tertiary alicyclic amines) is 1. The second-order valence-electron chi connectivity index (χ2n) is 8.99. The Morgan fingerprint density at radius 3 is 2.52 bits per heavy atom. The van der Waals surface area contributed by atoms with Crippen molar-refractivity contribution in [3.8, 4) is 0 Å². The van der Waals surface area contributed by atoms with E-state index in [9.17, 15) is 14.7 Å². The van der Waals surface area contributed by atoms with E-state index in [1.165, 1.54) is 41.7 Å². The fourth-order valence-corrected chi connectivity index (χ4v) is 5.34. The SMILES string of the molecule is COC(=O)[C@@H](C)[C@H](c1ccc2c(c1)NC(C1CCN(C(=O)O)CC1)CC2)C1CC1. The van der Waals surface area contributed by atoms with Gasteiger partial charge in [0.2, 0.25) is 0 Å². The summed E-state index contributed by atoms with van der Waals surface area (Å²) in [7, 11) is 1.47. The van der Waals surface area contributed by atoms with Crippen molar-refractivity contribution in [3.63, 3.8) is 0 Å². The number of rotatable bonds is 5. The van der Waals surface area contributed by atoms with E-state index in [4.69, 9.17) is 4.74 Å². The van der Waals surface area contributed by atoms with Gasteiger partial charge in [-0.1, -0.05) is 19.1 Å². The van der Waals surface area contributed by atoms with Crippen molar-refractivity contribution in [2.45, 2.75) is 57.4 Å². The molecule has 3 atom stereocenters. The molecule has 2 fully saturated rings. The number of nitrogens with one attached hydrogen (secondary N) is 1. The largest absolute Gasteiger partial charge is 0.469 e. The van der Waals surface area contributed by atoms with Crippen LogP contribution in [0.2, 0.25) is 0 Å². The quantitative estimate of drug-likeness (QED) is 0.728. The smallest absolute Gasteiger partial charge is 0.407 e. The van der Waals surface area contributed by atoms with Gasteiger partial charge in [-0.25, -0.2) is 4.79 Å². The van der Waals surface area contributed by atoms with Gasteiger partial charge in [0.05, 0.1) is 13.0 Å². The molecule has 4 rings (SSSR count). The van der Waals surface area contributed by atoms with E-state index in [1.54, 1.807) is 0 Å². The number of amides is 1. The van der Waals surface area contributed by atoms with Gasteiger partial charge in [-0.2, -0.15) is 0 Å². The number of hydrogen-bond acceptors (Lipinski definition) is 4. The minimum Gasteiger partial charge on any atom is -0.469 e. The first-order valence-corrected chi connectivity index (χ1v) is 10.9. The van der Waals surface area contributed by atoms with Crippen LogP contribution in [0.15, 0.2) is 18.2 Å². The number of anilines is 1. The van der Waals surface area contributed by atoms with E-state index in [0.29, 0.717) is 31.0 Å². The summed E-state index contributed by atoms with van der Waals surface area (Å²) in [5.41, 5.74) is 3.77. The molecule has 0 spiro atoms. The molecule has 0 aromatic heterocycles. The number of carbonyl (C=O) groups is 2. The summed E-state index contributed by atoms with van der Waals surface area (Å²) in [4.78, 5) is 24.9. The molecule has 1 amide bonds. The molecule has 1 unspecified atom stereocenters. The lowest BCUT2D eigenvalue weighted by Crippen LogP contribution is -2.43. The lowest BCUT2D eigenvalue weighted by atomic mass is 9.80. The van der Waals surface area contributed by atoms with Gasteiger partial charge in [0.25, 0.3) is 0 Å². The number of carbonyl (C=O) groups excluding carboxylic acids is 1. The fraction of sp³-hybridized carbons (Fsp3) is 0.652. The van der Waals surface area contributed by atoms with Crippen LogP contribution in [0, 0.1) is 17.8 Å². The molecule has 1 aliphatic carbocycles. The molecule has 1 saturated heterocycles. The summed E-state index contributed by atoms with van der Waals surface area (Å²) >= 11 is 0. The van der Waals surface area contributed by atoms with Crippen LogP contribution in [0.25, 0.3) is 0 Å². The van der Waals surface area contributed by atoms with Crippen molar-refractivity contribution in [1.82, 2.24) is 4.90 Å². The van der Waals surface area contributed by atoms with Gasteiger partial charge in [0.1, 0.15) is 0 Å². The predicted octanol–water partition coefficient (Wildman–Crippen LogP) is 4.11. The molecule has 6 heteroatoms. The maximum absolute atomic E-state index is 12.2. The van der Waals surface area contributed by atoms with Gasteiger partial charge >= 0.3 is 12.1 Å². The average Bonchev–Trinajstić information content (AvgIpc) is 3.57. The highest BCUT2D eigenvalue weighted by Crippen LogP contribution is 2.48. The number of carboxylic acid groups (broad SMARTS) is 1. The van der Waals surface area contributed by atoms with E-state index >= 15 is 0 Å². The number of hydrogen-bond donors (Lipinski definition) is 2. The average molecular weight is 401 g/mol. The molecule has 6 nitrogen and oxygen atoms in total. The van der Waals surface area contributed by atoms with Crippen LogP contribution >= 0.6 is 0 Å². The first-order chi connectivity index (χ1) is 14.0. The first kappa shape index (κ1) is 20.0. The Kier molecular flexibility index (Phi) is 5.70. The Bertz CT molecular complexity index is 768. The highest BCUT2D eigenvalue weighted by atomic mass is 16.5. The summed E-state index contributed by atoms with van der Waals surface area (Å²) in [5, 5.41) is 12.9. The number of methoxy groups -OCH3 is 1. The minimum absolute atomic E-state index is 0.129. The number of nitrogens with zero attached hydrogens (tertiary/aromatic N) is 1. The van der Waals surface area contributed by atoms with Crippen molar-refractivity contribution >= 4 is 17.7 Å². The Morgan fingerprint density at radius 1 is 1.17 bits per heavy atom. The minimum atomic E-state index is -0.805. The van der Waals surface area contributed by atoms with Gasteiger partial charge < -0.3 is 20.1 Å². The molecule has 29 heavy (non-hydrogen) atoms. The van der Waals surface area contributed by atoms with E-state index in [0.717, 1.165) is 25.7 Å². The van der Waals surface area contributed by atoms with Crippen LogP contribution in [0.1, 0.15) is 56.1 Å². The fourth-order valence-electron chi connectivity index (χ4n) is 5.34. The number of ether oxygens (including phenoxy) is 1. The molecule has 2 aliphatic heterocycles. The van der Waals surface area contributed by atoms with E-state index in [-0.39, 0.29) is 17.8 Å². The molecule has 2 heterocycles. The molecule has 0 radical (unpaired) electrons. The second-order valence-corrected chi connectivity index (χ2v) is 8.99. The zero-order valence-corrected chi connectivity index (χ0v) is 17.4. The molecule has 2 N–H and O–H groups in total. The summed E-state index contributed by atoms with van der Waals surface area (Å²) in [5.74, 6) is 1.03. The molecule has 3 aliphatic rings. The molecule has 1 aromatic carbocycles. The second kappa shape index (κ2) is 8.25. The molecule has 0 bridgehead atoms. The van der Waals surface area contributed by atoms with E-state index in [2.05, 4.69) is 23.5 Å². The van der Waals surface area contributed by atoms with Crippen molar-refractivity contribution < 1.29 is 19.4 Å². The van der Waals surface area contributed by atoms with Crippen LogP contribution in [0.4, 0.5) is 10.5 Å². The lowest BCUT2D eigenvalue weighted by Gasteiger charge is -2.38. The molecular formula is C23H32N2O4. The van der Waals surface area contributed by atoms with E-state index in [1.807, 2.05) is 6.92 Å². The van der Waals surface area contributed by atoms with Crippen LogP contribution in [-0.2, 0) is 16.0 Å². The standard InChI is InChI=1S/C23H32N2O4/c1-14(22(26)29-2)21(17-4-5-17)18-6-3-15-7-8-19(24-20(15)13-18)16-9-11-25(12-10-16)23(27)28/h3,6,13-14,16-17,19,21,24H,4-5,7-12H2,1-2H3,(H,27,28)/t14-,19?,21-/m0/s1. The topological polar surface area (TPSA) is 78.9 Å². The number of fused-ring (bicyclic) bond motifs is 1. The Labute approximate surface area is 172 Å². The zero-order valence-electron chi connectivity index (χ0n) is 17.4. The van der Waals surface area contributed by atoms with Gasteiger partial charge in [-0.05, 0) is 73.5 Å². The normalized spacial score (nSPS) is 24.2. The predicted molar refractivity (Wildman–Crippen MR) is 111 cm³/mol. The van der Waals surface area contributed by atoms with Gasteiger partial charge in [0.15, 0.2) is 0 Å². The third kappa shape index (κ3) is 4.21. The summed E-state index contributed by atoms with van der Waals surface area (Å²) < 4.78 is 5.03. The van der Waals surface area contributed by atoms with Crippen molar-refractivity contribution in [1.29, 1.82) is 0 Å². The number of benzene rings is 1. The van der Waals surface area contributed by atoms with Crippen molar-refractivity contribution in [2.75, 3.05) is 25.5 Å². The first-order valence-electron chi connectivity index (χ1n) is 10.9. The Balaban J connectivity index is 1.48.